The van der Waals surface area contributed by atoms with Crippen LogP contribution in [0.15, 0.2) is 0 Å². The molecule has 1 rings (SSSR count). The van der Waals surface area contributed by atoms with Crippen LogP contribution in [0, 0.1) is 5.92 Å². The zero-order valence-corrected chi connectivity index (χ0v) is 12.8. The van der Waals surface area contributed by atoms with E-state index in [1.54, 1.807) is 25.9 Å². The average molecular weight is 270 g/mol. The largest absolute Gasteiger partial charge is 0.385 e. The summed E-state index contributed by atoms with van der Waals surface area (Å²) in [6, 6.07) is -0.405. The maximum absolute atomic E-state index is 12.6. The predicted molar refractivity (Wildman–Crippen MR) is 73.6 cm³/mol. The molecule has 1 heterocycles. The van der Waals surface area contributed by atoms with Gasteiger partial charge in [-0.05, 0) is 33.1 Å². The van der Waals surface area contributed by atoms with E-state index >= 15 is 0 Å². The highest BCUT2D eigenvalue weighted by atomic mass is 16.5. The summed E-state index contributed by atoms with van der Waals surface area (Å²) in [6.45, 7) is 9.98. The summed E-state index contributed by atoms with van der Waals surface area (Å²) in [6.07, 6.45) is 0.731. The van der Waals surface area contributed by atoms with Gasteiger partial charge in [-0.25, -0.2) is 0 Å². The molecule has 110 valence electrons. The molecule has 0 aromatic rings. The number of piperazine rings is 1. The van der Waals surface area contributed by atoms with Crippen LogP contribution in [0.25, 0.3) is 0 Å². The first-order valence-corrected chi connectivity index (χ1v) is 6.86. The molecule has 2 atom stereocenters. The molecular formula is C14H26N2O3. The normalized spacial score (nSPS) is 24.6. The van der Waals surface area contributed by atoms with Crippen molar-refractivity contribution in [1.82, 2.24) is 10.2 Å². The van der Waals surface area contributed by atoms with Crippen molar-refractivity contribution >= 4 is 11.8 Å². The fourth-order valence-corrected chi connectivity index (χ4v) is 2.54. The molecular weight excluding hydrogens is 244 g/mol. The zero-order chi connectivity index (χ0) is 14.8. The van der Waals surface area contributed by atoms with Crippen molar-refractivity contribution < 1.29 is 14.3 Å². The number of nitrogens with one attached hydrogen (secondary N) is 1. The molecule has 0 aromatic heterocycles. The SMILES string of the molecule is COCCC(C)N1C(=O)C(C)(C)NC(=O)C1C(C)C. The second-order valence-electron chi connectivity index (χ2n) is 6.15. The summed E-state index contributed by atoms with van der Waals surface area (Å²) in [4.78, 5) is 26.6. The molecule has 1 aliphatic heterocycles. The Balaban J connectivity index is 3.02. The molecule has 0 radical (unpaired) electrons. The fraction of sp³-hybridized carbons (Fsp3) is 0.857. The minimum Gasteiger partial charge on any atom is -0.385 e. The average Bonchev–Trinajstić information content (AvgIpc) is 2.29. The highest BCUT2D eigenvalue weighted by Crippen LogP contribution is 2.25. The number of hydrogen-bond donors (Lipinski definition) is 1. The third kappa shape index (κ3) is 3.26. The number of ether oxygens (including phenoxy) is 1. The Morgan fingerprint density at radius 1 is 1.32 bits per heavy atom. The van der Waals surface area contributed by atoms with Crippen molar-refractivity contribution in [2.45, 2.75) is 58.7 Å². The quantitative estimate of drug-likeness (QED) is 0.816. The fourth-order valence-electron chi connectivity index (χ4n) is 2.54. The number of hydrogen-bond acceptors (Lipinski definition) is 3. The summed E-state index contributed by atoms with van der Waals surface area (Å²) in [5.41, 5.74) is -0.830. The monoisotopic (exact) mass is 270 g/mol. The van der Waals surface area contributed by atoms with Crippen molar-refractivity contribution in [2.24, 2.45) is 5.92 Å². The first-order valence-electron chi connectivity index (χ1n) is 6.86. The van der Waals surface area contributed by atoms with Crippen LogP contribution in [0.1, 0.15) is 41.0 Å². The maximum atomic E-state index is 12.6. The van der Waals surface area contributed by atoms with E-state index in [4.69, 9.17) is 4.74 Å². The highest BCUT2D eigenvalue weighted by molar-refractivity contribution is 5.99. The van der Waals surface area contributed by atoms with E-state index in [-0.39, 0.29) is 23.8 Å². The minimum atomic E-state index is -0.830. The number of methoxy groups -OCH3 is 1. The second kappa shape index (κ2) is 5.90. The number of amides is 2. The molecule has 5 nitrogen and oxygen atoms in total. The molecule has 2 unspecified atom stereocenters. The van der Waals surface area contributed by atoms with Crippen LogP contribution < -0.4 is 5.32 Å². The van der Waals surface area contributed by atoms with Crippen LogP contribution in [-0.4, -0.2) is 48.1 Å². The standard InChI is InChI=1S/C14H26N2O3/c1-9(2)11-12(17)15-14(4,5)13(18)16(11)10(3)7-8-19-6/h9-11H,7-8H2,1-6H3,(H,15,17). The smallest absolute Gasteiger partial charge is 0.248 e. The summed E-state index contributed by atoms with van der Waals surface area (Å²) < 4.78 is 5.07. The van der Waals surface area contributed by atoms with Gasteiger partial charge in [-0.2, -0.15) is 0 Å². The van der Waals surface area contributed by atoms with Gasteiger partial charge in [-0.15, -0.1) is 0 Å². The van der Waals surface area contributed by atoms with Gasteiger partial charge < -0.3 is 15.0 Å². The lowest BCUT2D eigenvalue weighted by molar-refractivity contribution is -0.158. The molecule has 19 heavy (non-hydrogen) atoms. The molecule has 0 spiro atoms. The van der Waals surface area contributed by atoms with E-state index in [0.29, 0.717) is 6.61 Å². The molecule has 1 saturated heterocycles. The first kappa shape index (κ1) is 16.0. The minimum absolute atomic E-state index is 0.00910. The van der Waals surface area contributed by atoms with E-state index < -0.39 is 11.6 Å². The third-order valence-electron chi connectivity index (χ3n) is 3.62. The highest BCUT2D eigenvalue weighted by Gasteiger charge is 2.47. The Morgan fingerprint density at radius 2 is 1.89 bits per heavy atom. The van der Waals surface area contributed by atoms with Gasteiger partial charge in [0.1, 0.15) is 11.6 Å². The van der Waals surface area contributed by atoms with Gasteiger partial charge in [0.05, 0.1) is 0 Å². The Labute approximate surface area is 115 Å². The number of carbonyl (C=O) groups is 2. The molecule has 2 amide bonds. The van der Waals surface area contributed by atoms with Gasteiger partial charge in [0.15, 0.2) is 0 Å². The van der Waals surface area contributed by atoms with Crippen LogP contribution in [0.4, 0.5) is 0 Å². The molecule has 0 aliphatic carbocycles. The lowest BCUT2D eigenvalue weighted by Crippen LogP contribution is -2.70. The van der Waals surface area contributed by atoms with Crippen molar-refractivity contribution in [3.63, 3.8) is 0 Å². The van der Waals surface area contributed by atoms with Crippen molar-refractivity contribution in [3.8, 4) is 0 Å². The Morgan fingerprint density at radius 3 is 2.37 bits per heavy atom. The zero-order valence-electron chi connectivity index (χ0n) is 12.8. The van der Waals surface area contributed by atoms with E-state index in [1.165, 1.54) is 0 Å². The van der Waals surface area contributed by atoms with Gasteiger partial charge in [-0.3, -0.25) is 9.59 Å². The molecule has 1 N–H and O–H groups in total. The Bertz CT molecular complexity index is 353. The van der Waals surface area contributed by atoms with Crippen LogP contribution >= 0.6 is 0 Å². The first-order chi connectivity index (χ1) is 8.72. The molecule has 5 heteroatoms. The number of carbonyl (C=O) groups excluding carboxylic acids is 2. The van der Waals surface area contributed by atoms with E-state index in [0.717, 1.165) is 6.42 Å². The van der Waals surface area contributed by atoms with E-state index in [2.05, 4.69) is 5.32 Å². The summed E-state index contributed by atoms with van der Waals surface area (Å²) >= 11 is 0. The molecule has 0 bridgehead atoms. The number of nitrogens with zero attached hydrogens (tertiary/aromatic N) is 1. The van der Waals surface area contributed by atoms with Crippen molar-refractivity contribution in [1.29, 1.82) is 0 Å². The Hall–Kier alpha value is -1.10. The van der Waals surface area contributed by atoms with E-state index in [1.807, 2.05) is 20.8 Å². The van der Waals surface area contributed by atoms with Gasteiger partial charge in [-0.1, -0.05) is 13.8 Å². The van der Waals surface area contributed by atoms with Crippen LogP contribution in [0.2, 0.25) is 0 Å². The summed E-state index contributed by atoms with van der Waals surface area (Å²) in [5.74, 6) is 0.00307. The van der Waals surface area contributed by atoms with Crippen LogP contribution in [0.3, 0.4) is 0 Å². The number of rotatable bonds is 5. The van der Waals surface area contributed by atoms with Crippen molar-refractivity contribution in [3.05, 3.63) is 0 Å². The summed E-state index contributed by atoms with van der Waals surface area (Å²) in [7, 11) is 1.64. The van der Waals surface area contributed by atoms with Gasteiger partial charge >= 0.3 is 0 Å². The van der Waals surface area contributed by atoms with Crippen LogP contribution in [0.5, 0.6) is 0 Å². The third-order valence-corrected chi connectivity index (χ3v) is 3.62. The van der Waals surface area contributed by atoms with Crippen molar-refractivity contribution in [2.75, 3.05) is 13.7 Å². The molecule has 0 aromatic carbocycles. The maximum Gasteiger partial charge on any atom is 0.248 e. The second-order valence-corrected chi connectivity index (χ2v) is 6.15. The van der Waals surface area contributed by atoms with Gasteiger partial charge in [0.2, 0.25) is 11.8 Å². The summed E-state index contributed by atoms with van der Waals surface area (Å²) in [5, 5.41) is 2.82. The van der Waals surface area contributed by atoms with E-state index in [9.17, 15) is 9.59 Å². The lowest BCUT2D eigenvalue weighted by atomic mass is 9.89. The topological polar surface area (TPSA) is 58.6 Å². The van der Waals surface area contributed by atoms with Gasteiger partial charge in [0.25, 0.3) is 0 Å². The molecule has 1 fully saturated rings. The Kier molecular flexibility index (Phi) is 4.96. The van der Waals surface area contributed by atoms with Crippen LogP contribution in [-0.2, 0) is 14.3 Å². The molecule has 0 saturated carbocycles. The predicted octanol–water partition coefficient (Wildman–Crippen LogP) is 1.17. The van der Waals surface area contributed by atoms with Gasteiger partial charge in [0, 0.05) is 19.8 Å². The lowest BCUT2D eigenvalue weighted by Gasteiger charge is -2.47. The molecule has 1 aliphatic rings.